The van der Waals surface area contributed by atoms with Gasteiger partial charge in [0.2, 0.25) is 0 Å². The molecule has 0 bridgehead atoms. The summed E-state index contributed by atoms with van der Waals surface area (Å²) >= 11 is 0. The summed E-state index contributed by atoms with van der Waals surface area (Å²) in [5, 5.41) is 0. The fourth-order valence-corrected chi connectivity index (χ4v) is 3.72. The zero-order chi connectivity index (χ0) is 19.2. The van der Waals surface area contributed by atoms with Gasteiger partial charge in [-0.25, -0.2) is 4.79 Å². The van der Waals surface area contributed by atoms with Gasteiger partial charge in [-0.15, -0.1) is 0 Å². The molecule has 0 unspecified atom stereocenters. The Morgan fingerprint density at radius 3 is 2.44 bits per heavy atom. The highest BCUT2D eigenvalue weighted by atomic mass is 32.2. The van der Waals surface area contributed by atoms with E-state index in [1.165, 1.54) is 17.4 Å². The van der Waals surface area contributed by atoms with Gasteiger partial charge >= 0.3 is 5.97 Å². The normalized spacial score (nSPS) is 15.0. The molecule has 1 aliphatic heterocycles. The lowest BCUT2D eigenvalue weighted by Crippen LogP contribution is -2.37. The van der Waals surface area contributed by atoms with Gasteiger partial charge in [-0.3, -0.25) is 9.00 Å². The molecule has 0 saturated heterocycles. The fourth-order valence-electron chi connectivity index (χ4n) is 2.99. The van der Waals surface area contributed by atoms with Crippen LogP contribution in [0.3, 0.4) is 0 Å². The van der Waals surface area contributed by atoms with E-state index in [0.29, 0.717) is 18.0 Å². The molecule has 2 aromatic carbocycles. The van der Waals surface area contributed by atoms with Gasteiger partial charge in [0.15, 0.2) is 6.61 Å². The molecule has 27 heavy (non-hydrogen) atoms. The third-order valence-corrected chi connectivity index (χ3v) is 5.43. The van der Waals surface area contributed by atoms with Crippen molar-refractivity contribution in [1.82, 2.24) is 4.90 Å². The number of hydrogen-bond donors (Lipinski definition) is 0. The molecule has 0 radical (unpaired) electrons. The molecule has 2 aromatic rings. The highest BCUT2D eigenvalue weighted by Gasteiger charge is 2.21. The third-order valence-electron chi connectivity index (χ3n) is 4.45. The molecule has 1 aliphatic rings. The van der Waals surface area contributed by atoms with Crippen LogP contribution in [0, 0.1) is 0 Å². The zero-order valence-electron chi connectivity index (χ0n) is 15.1. The van der Waals surface area contributed by atoms with E-state index in [2.05, 4.69) is 12.1 Å². The Hall–Kier alpha value is -2.73. The zero-order valence-corrected chi connectivity index (χ0v) is 15.9. The predicted molar refractivity (Wildman–Crippen MR) is 105 cm³/mol. The van der Waals surface area contributed by atoms with Crippen molar-refractivity contribution in [2.45, 2.75) is 11.3 Å². The van der Waals surface area contributed by atoms with Crippen molar-refractivity contribution in [2.24, 2.45) is 0 Å². The minimum Gasteiger partial charge on any atom is -0.452 e. The van der Waals surface area contributed by atoms with Gasteiger partial charge < -0.3 is 9.64 Å². The standard InChI is InChI=1S/C21H21NO4S/c1-27(25)19-10-6-5-9-18(19)21(24)26-15-20(23)22-13-11-17(12-14-22)16-7-3-2-4-8-16/h2-11H,12-15H2,1H3/t27-/m0/s1. The maximum Gasteiger partial charge on any atom is 0.339 e. The summed E-state index contributed by atoms with van der Waals surface area (Å²) in [4.78, 5) is 26.7. The minimum absolute atomic E-state index is 0.232. The molecule has 0 saturated carbocycles. The van der Waals surface area contributed by atoms with Crippen LogP contribution in [0.25, 0.3) is 5.57 Å². The SMILES string of the molecule is C[S@](=O)c1ccccc1C(=O)OCC(=O)N1CC=C(c2ccccc2)CC1. The Labute approximate surface area is 161 Å². The summed E-state index contributed by atoms with van der Waals surface area (Å²) in [6.45, 7) is 0.765. The monoisotopic (exact) mass is 383 g/mol. The number of ether oxygens (including phenoxy) is 1. The van der Waals surface area contributed by atoms with Gasteiger partial charge in [0.05, 0.1) is 21.3 Å². The Bertz CT molecular complexity index is 892. The number of rotatable bonds is 5. The van der Waals surface area contributed by atoms with E-state index in [-0.39, 0.29) is 18.1 Å². The number of esters is 1. The third kappa shape index (κ3) is 4.71. The summed E-state index contributed by atoms with van der Waals surface area (Å²) in [7, 11) is -1.31. The van der Waals surface area contributed by atoms with Crippen LogP contribution in [0.2, 0.25) is 0 Å². The molecule has 0 aliphatic carbocycles. The van der Waals surface area contributed by atoms with E-state index in [0.717, 1.165) is 6.42 Å². The first-order valence-electron chi connectivity index (χ1n) is 8.68. The molecule has 0 aromatic heterocycles. The lowest BCUT2D eigenvalue weighted by Gasteiger charge is -2.26. The fraction of sp³-hybridized carbons (Fsp3) is 0.238. The van der Waals surface area contributed by atoms with Crippen molar-refractivity contribution in [3.63, 3.8) is 0 Å². The highest BCUT2D eigenvalue weighted by molar-refractivity contribution is 7.84. The number of amides is 1. The van der Waals surface area contributed by atoms with Gasteiger partial charge in [-0.05, 0) is 29.7 Å². The second kappa shape index (κ2) is 8.77. The van der Waals surface area contributed by atoms with E-state index in [1.807, 2.05) is 24.3 Å². The molecule has 1 amide bonds. The van der Waals surface area contributed by atoms with Crippen molar-refractivity contribution >= 4 is 28.2 Å². The number of nitrogens with zero attached hydrogens (tertiary/aromatic N) is 1. The summed E-state index contributed by atoms with van der Waals surface area (Å²) in [5.41, 5.74) is 2.62. The predicted octanol–water partition coefficient (Wildman–Crippen LogP) is 2.90. The molecule has 0 fully saturated rings. The largest absolute Gasteiger partial charge is 0.452 e. The Balaban J connectivity index is 1.57. The molecule has 1 atom stereocenters. The molecule has 6 heteroatoms. The van der Waals surface area contributed by atoms with Gasteiger partial charge in [0.1, 0.15) is 0 Å². The van der Waals surface area contributed by atoms with Crippen LogP contribution in [0.1, 0.15) is 22.3 Å². The second-order valence-corrected chi connectivity index (χ2v) is 7.56. The molecule has 5 nitrogen and oxygen atoms in total. The minimum atomic E-state index is -1.31. The molecule has 0 N–H and O–H groups in total. The van der Waals surface area contributed by atoms with E-state index in [4.69, 9.17) is 4.74 Å². The molecule has 140 valence electrons. The molecule has 0 spiro atoms. The van der Waals surface area contributed by atoms with Crippen LogP contribution < -0.4 is 0 Å². The smallest absolute Gasteiger partial charge is 0.339 e. The van der Waals surface area contributed by atoms with Gasteiger partial charge in [0, 0.05) is 19.3 Å². The summed E-state index contributed by atoms with van der Waals surface area (Å²) < 4.78 is 16.9. The van der Waals surface area contributed by atoms with Crippen LogP contribution in [0.4, 0.5) is 0 Å². The van der Waals surface area contributed by atoms with Crippen molar-refractivity contribution in [2.75, 3.05) is 26.0 Å². The second-order valence-electron chi connectivity index (χ2n) is 6.21. The number of carbonyl (C=O) groups excluding carboxylic acids is 2. The average molecular weight is 383 g/mol. The summed E-state index contributed by atoms with van der Waals surface area (Å²) in [6, 6.07) is 16.6. The average Bonchev–Trinajstić information content (AvgIpc) is 2.72. The van der Waals surface area contributed by atoms with E-state index < -0.39 is 16.8 Å². The number of benzene rings is 2. The molecule has 1 heterocycles. The van der Waals surface area contributed by atoms with Gasteiger partial charge in [0.25, 0.3) is 5.91 Å². The maximum atomic E-state index is 12.4. The summed E-state index contributed by atoms with van der Waals surface area (Å²) in [6.07, 6.45) is 4.30. The van der Waals surface area contributed by atoms with Crippen LogP contribution in [0.15, 0.2) is 65.6 Å². The number of hydrogen-bond acceptors (Lipinski definition) is 4. The van der Waals surface area contributed by atoms with Crippen LogP contribution in [0.5, 0.6) is 0 Å². The van der Waals surface area contributed by atoms with Crippen molar-refractivity contribution in [1.29, 1.82) is 0 Å². The van der Waals surface area contributed by atoms with E-state index in [1.54, 1.807) is 29.2 Å². The first-order valence-corrected chi connectivity index (χ1v) is 10.2. The topological polar surface area (TPSA) is 63.7 Å². The van der Waals surface area contributed by atoms with E-state index in [9.17, 15) is 13.8 Å². The first-order chi connectivity index (χ1) is 13.1. The molecular formula is C21H21NO4S. The van der Waals surface area contributed by atoms with Crippen molar-refractivity contribution in [3.05, 3.63) is 71.8 Å². The molecule has 3 rings (SSSR count). The first kappa shape index (κ1) is 19.0. The lowest BCUT2D eigenvalue weighted by atomic mass is 10.00. The van der Waals surface area contributed by atoms with Crippen LogP contribution >= 0.6 is 0 Å². The van der Waals surface area contributed by atoms with Crippen molar-refractivity contribution in [3.8, 4) is 0 Å². The Kier molecular flexibility index (Phi) is 6.19. The Morgan fingerprint density at radius 2 is 1.78 bits per heavy atom. The molecular weight excluding hydrogens is 362 g/mol. The van der Waals surface area contributed by atoms with Gasteiger partial charge in [-0.1, -0.05) is 48.5 Å². The number of carbonyl (C=O) groups is 2. The lowest BCUT2D eigenvalue weighted by molar-refractivity contribution is -0.134. The Morgan fingerprint density at radius 1 is 1.07 bits per heavy atom. The van der Waals surface area contributed by atoms with E-state index >= 15 is 0 Å². The summed E-state index contributed by atoms with van der Waals surface area (Å²) in [5.74, 6) is -0.867. The van der Waals surface area contributed by atoms with Crippen molar-refractivity contribution < 1.29 is 18.5 Å². The highest BCUT2D eigenvalue weighted by Crippen LogP contribution is 2.22. The quantitative estimate of drug-likeness (QED) is 0.745. The van der Waals surface area contributed by atoms with Gasteiger partial charge in [-0.2, -0.15) is 0 Å². The van der Waals surface area contributed by atoms with Crippen LogP contribution in [-0.4, -0.2) is 46.9 Å². The van der Waals surface area contributed by atoms with Crippen LogP contribution in [-0.2, 0) is 20.3 Å². The maximum absolute atomic E-state index is 12.4.